The van der Waals surface area contributed by atoms with Gasteiger partial charge in [0.1, 0.15) is 12.6 Å². The molecule has 208 valence electrons. The Hall–Kier alpha value is -2.91. The van der Waals surface area contributed by atoms with Gasteiger partial charge in [0.15, 0.2) is 0 Å². The minimum Gasteiger partial charge on any atom is -0.346 e. The van der Waals surface area contributed by atoms with Crippen molar-refractivity contribution in [3.63, 3.8) is 0 Å². The van der Waals surface area contributed by atoms with Crippen LogP contribution >= 0.6 is 0 Å². The van der Waals surface area contributed by atoms with Gasteiger partial charge in [0, 0.05) is 6.54 Å². The summed E-state index contributed by atoms with van der Waals surface area (Å²) in [4.78, 5) is 32.1. The number of likely N-dealkylation sites (N-methyl/N-ethyl adjacent to an activating group) is 2. The number of nitrogens with one attached hydrogen (secondary N) is 3. The van der Waals surface area contributed by atoms with E-state index in [0.717, 1.165) is 13.0 Å². The van der Waals surface area contributed by atoms with Gasteiger partial charge in [-0.25, -0.2) is 0 Å². The Bertz CT molecular complexity index is 770. The van der Waals surface area contributed by atoms with Crippen LogP contribution in [0.3, 0.4) is 0 Å². The Kier molecular flexibility index (Phi) is 27.1. The maximum Gasteiger partial charge on any atom is 0.234 e. The van der Waals surface area contributed by atoms with Crippen LogP contribution < -0.4 is 21.7 Å². The fraction of sp³-hybridized carbons (Fsp3) is 0.483. The molecular weight excluding hydrogens is 466 g/mol. The Labute approximate surface area is 224 Å². The maximum atomic E-state index is 10.7. The molecule has 3 rings (SSSR count). The number of nitrogens with zero attached hydrogens (tertiary/aromatic N) is 1. The highest BCUT2D eigenvalue weighted by Crippen LogP contribution is 2.02. The van der Waals surface area contributed by atoms with Crippen molar-refractivity contribution >= 4 is 18.5 Å². The lowest BCUT2D eigenvalue weighted by Gasteiger charge is -2.05. The predicted octanol–water partition coefficient (Wildman–Crippen LogP) is 2.21. The normalized spacial score (nSPS) is 12.4. The van der Waals surface area contributed by atoms with Crippen LogP contribution in [0.15, 0.2) is 60.7 Å². The van der Waals surface area contributed by atoms with Gasteiger partial charge in [-0.15, -0.1) is 0 Å². The summed E-state index contributed by atoms with van der Waals surface area (Å²) in [5.41, 5.74) is 7.38. The number of amides is 1. The number of carbonyl (C=O) groups is 3. The smallest absolute Gasteiger partial charge is 0.234 e. The van der Waals surface area contributed by atoms with Gasteiger partial charge in [0.2, 0.25) is 5.91 Å². The quantitative estimate of drug-likeness (QED) is 0.398. The van der Waals surface area contributed by atoms with Crippen LogP contribution in [0.5, 0.6) is 0 Å². The van der Waals surface area contributed by atoms with Crippen molar-refractivity contribution in [3.8, 4) is 0 Å². The number of benzene rings is 2. The van der Waals surface area contributed by atoms with Crippen LogP contribution in [-0.2, 0) is 20.8 Å². The molecule has 0 saturated carbocycles. The fourth-order valence-corrected chi connectivity index (χ4v) is 2.82. The van der Waals surface area contributed by atoms with E-state index in [9.17, 15) is 9.59 Å². The Morgan fingerprint density at radius 2 is 1.49 bits per heavy atom. The number of nitrogens with two attached hydrogens (primary N) is 1. The van der Waals surface area contributed by atoms with Gasteiger partial charge in [-0.1, -0.05) is 66.2 Å². The van der Waals surface area contributed by atoms with E-state index in [2.05, 4.69) is 77.0 Å². The highest BCUT2D eigenvalue weighted by molar-refractivity contribution is 5.81. The minimum absolute atomic E-state index is 0.139. The number of hydrogen-bond donors (Lipinski definition) is 4. The minimum atomic E-state index is -0.388. The summed E-state index contributed by atoms with van der Waals surface area (Å²) in [5, 5.41) is 8.25. The summed E-state index contributed by atoms with van der Waals surface area (Å²) in [5.74, 6) is -0.165. The molecule has 0 radical (unpaired) electrons. The first-order valence-corrected chi connectivity index (χ1v) is 12.8. The lowest BCUT2D eigenvalue weighted by Crippen LogP contribution is -2.38. The van der Waals surface area contributed by atoms with Crippen molar-refractivity contribution < 1.29 is 14.4 Å². The predicted molar refractivity (Wildman–Crippen MR) is 155 cm³/mol. The topological polar surface area (TPSA) is 117 Å². The molecule has 8 nitrogen and oxygen atoms in total. The third-order valence-electron chi connectivity index (χ3n) is 4.80. The van der Waals surface area contributed by atoms with E-state index < -0.39 is 0 Å². The molecule has 0 spiro atoms. The average molecular weight is 516 g/mol. The standard InChI is InChI=1S/C9H13N.C7H8.C6H12N2O2.C5H11N.C2H5NO/c1-10-8-7-9-5-3-2-4-6-9;1-7-5-3-2-4-6-7;1-5(4-9)8-6(10)3-7-2;1-6-4-2-3-5-6;3-1-2-4/h2-6,10H,7-8H2,1H3;2-6H,1H3;4-5,7H,3H2,1-2H3,(H,8,10);2-5H2,1H3;2H,1,3H2. The molecule has 0 aliphatic carbocycles. The van der Waals surface area contributed by atoms with Crippen molar-refractivity contribution in [3.05, 3.63) is 71.8 Å². The molecule has 0 aromatic heterocycles. The molecule has 1 amide bonds. The van der Waals surface area contributed by atoms with Gasteiger partial charge < -0.3 is 36.2 Å². The lowest BCUT2D eigenvalue weighted by molar-refractivity contribution is -0.122. The molecule has 2 aromatic rings. The van der Waals surface area contributed by atoms with E-state index in [1.807, 2.05) is 31.3 Å². The molecule has 1 saturated heterocycles. The molecule has 8 heteroatoms. The second kappa shape index (κ2) is 27.7. The van der Waals surface area contributed by atoms with E-state index in [0.29, 0.717) is 12.6 Å². The summed E-state index contributed by atoms with van der Waals surface area (Å²) < 4.78 is 0. The van der Waals surface area contributed by atoms with Crippen LogP contribution in [0.1, 0.15) is 30.9 Å². The Morgan fingerprint density at radius 3 is 1.81 bits per heavy atom. The molecule has 1 unspecified atom stereocenters. The molecule has 1 atom stereocenters. The third kappa shape index (κ3) is 27.5. The summed E-state index contributed by atoms with van der Waals surface area (Å²) >= 11 is 0. The summed E-state index contributed by atoms with van der Waals surface area (Å²) in [7, 11) is 5.82. The highest BCUT2D eigenvalue weighted by Gasteiger charge is 2.03. The number of rotatable bonds is 8. The second-order valence-electron chi connectivity index (χ2n) is 8.43. The van der Waals surface area contributed by atoms with Crippen molar-refractivity contribution in [2.45, 2.75) is 39.2 Å². The molecule has 1 aliphatic heterocycles. The molecule has 1 fully saturated rings. The van der Waals surface area contributed by atoms with Gasteiger partial charge in [-0.3, -0.25) is 4.79 Å². The average Bonchev–Trinajstić information content (AvgIpc) is 3.40. The number of aldehydes is 2. The first-order chi connectivity index (χ1) is 17.8. The summed E-state index contributed by atoms with van der Waals surface area (Å²) in [6, 6.07) is 20.4. The van der Waals surface area contributed by atoms with Crippen LogP contribution in [0.2, 0.25) is 0 Å². The number of aryl methyl sites for hydroxylation is 1. The molecular formula is C29H49N5O3. The molecule has 37 heavy (non-hydrogen) atoms. The highest BCUT2D eigenvalue weighted by atomic mass is 16.2. The maximum absolute atomic E-state index is 10.7. The van der Waals surface area contributed by atoms with Gasteiger partial charge in [0.25, 0.3) is 0 Å². The van der Waals surface area contributed by atoms with Crippen molar-refractivity contribution in [2.75, 3.05) is 53.9 Å². The van der Waals surface area contributed by atoms with E-state index in [4.69, 9.17) is 4.79 Å². The van der Waals surface area contributed by atoms with Crippen LogP contribution in [0, 0.1) is 6.92 Å². The summed E-state index contributed by atoms with van der Waals surface area (Å²) in [6.07, 6.45) is 5.29. The van der Waals surface area contributed by atoms with Crippen LogP contribution in [0.25, 0.3) is 0 Å². The molecule has 5 N–H and O–H groups in total. The van der Waals surface area contributed by atoms with E-state index in [1.165, 1.54) is 37.1 Å². The Balaban J connectivity index is 0. The van der Waals surface area contributed by atoms with E-state index in [1.54, 1.807) is 14.0 Å². The van der Waals surface area contributed by atoms with Crippen LogP contribution in [-0.4, -0.2) is 83.3 Å². The largest absolute Gasteiger partial charge is 0.346 e. The van der Waals surface area contributed by atoms with E-state index in [-0.39, 0.29) is 25.0 Å². The molecule has 1 aliphatic rings. The molecule has 0 bridgehead atoms. The van der Waals surface area contributed by atoms with E-state index >= 15 is 0 Å². The first kappa shape index (κ1) is 36.2. The SMILES string of the molecule is CN1CCCC1.CNCC(=O)NC(C)C=O.CNCCc1ccccc1.Cc1ccccc1.NCC=O. The lowest BCUT2D eigenvalue weighted by atomic mass is 10.2. The third-order valence-corrected chi connectivity index (χ3v) is 4.80. The van der Waals surface area contributed by atoms with Gasteiger partial charge in [-0.05, 0) is 79.5 Å². The summed E-state index contributed by atoms with van der Waals surface area (Å²) in [6.45, 7) is 7.79. The van der Waals surface area contributed by atoms with Gasteiger partial charge >= 0.3 is 0 Å². The zero-order valence-electron chi connectivity index (χ0n) is 23.4. The zero-order valence-corrected chi connectivity index (χ0v) is 23.4. The van der Waals surface area contributed by atoms with Gasteiger partial charge in [-0.2, -0.15) is 0 Å². The van der Waals surface area contributed by atoms with Gasteiger partial charge in [0.05, 0.1) is 12.6 Å². The van der Waals surface area contributed by atoms with Crippen molar-refractivity contribution in [1.29, 1.82) is 0 Å². The number of likely N-dealkylation sites (tertiary alicyclic amines) is 1. The van der Waals surface area contributed by atoms with Crippen LogP contribution in [0.4, 0.5) is 0 Å². The Morgan fingerprint density at radius 1 is 0.973 bits per heavy atom. The number of carbonyl (C=O) groups excluding carboxylic acids is 3. The second-order valence-corrected chi connectivity index (χ2v) is 8.43. The molecule has 2 aromatic carbocycles. The first-order valence-electron chi connectivity index (χ1n) is 12.8. The van der Waals surface area contributed by atoms with Crippen molar-refractivity contribution in [2.24, 2.45) is 5.73 Å². The monoisotopic (exact) mass is 515 g/mol. The fourth-order valence-electron chi connectivity index (χ4n) is 2.82. The molecule has 1 heterocycles. The number of hydrogen-bond acceptors (Lipinski definition) is 7. The zero-order chi connectivity index (χ0) is 28.2. The van der Waals surface area contributed by atoms with Crippen molar-refractivity contribution in [1.82, 2.24) is 20.9 Å².